The molecule has 1 aromatic carbocycles. The zero-order valence-corrected chi connectivity index (χ0v) is 15.5. The van der Waals surface area contributed by atoms with E-state index in [1.54, 1.807) is 6.07 Å². The molecule has 0 bridgehead atoms. The Bertz CT molecular complexity index is 769. The van der Waals surface area contributed by atoms with Crippen LogP contribution in [0.5, 0.6) is 0 Å². The lowest BCUT2D eigenvalue weighted by molar-refractivity contribution is -0.139. The average molecular weight is 367 g/mol. The molecule has 142 valence electrons. The van der Waals surface area contributed by atoms with Crippen molar-refractivity contribution in [3.05, 3.63) is 59.8 Å². The highest BCUT2D eigenvalue weighted by Gasteiger charge is 2.22. The number of aliphatic carboxylic acids is 1. The van der Waals surface area contributed by atoms with Crippen molar-refractivity contribution in [1.82, 2.24) is 10.3 Å². The summed E-state index contributed by atoms with van der Waals surface area (Å²) in [4.78, 5) is 30.6. The molecule has 0 aliphatic carbocycles. The van der Waals surface area contributed by atoms with Crippen LogP contribution in [0.25, 0.3) is 0 Å². The minimum atomic E-state index is -1.06. The molecule has 27 heavy (non-hydrogen) atoms. The van der Waals surface area contributed by atoms with Crippen molar-refractivity contribution in [2.24, 2.45) is 5.92 Å². The van der Waals surface area contributed by atoms with Gasteiger partial charge in [-0.25, -0.2) is 9.78 Å². The molecule has 3 rings (SSSR count). The molecule has 6 heteroatoms. The van der Waals surface area contributed by atoms with E-state index in [1.165, 1.54) is 6.20 Å². The number of carbonyl (C=O) groups excluding carboxylic acids is 1. The van der Waals surface area contributed by atoms with E-state index in [1.807, 2.05) is 36.4 Å². The van der Waals surface area contributed by atoms with Crippen molar-refractivity contribution >= 4 is 17.7 Å². The van der Waals surface area contributed by atoms with Crippen molar-refractivity contribution in [3.8, 4) is 0 Å². The molecular formula is C21H25N3O3. The van der Waals surface area contributed by atoms with Crippen LogP contribution in [0.15, 0.2) is 48.7 Å². The highest BCUT2D eigenvalue weighted by atomic mass is 16.4. The standard InChI is InChI=1S/C21H25N3O3/c1-15-9-11-24(12-10-15)19-8-7-17(14-22-19)20(25)23-18(21(26)27)13-16-5-3-2-4-6-16/h2-8,14-15,18H,9-13H2,1H3,(H,23,25)(H,26,27)/t18-/m1/s1. The first-order valence-corrected chi connectivity index (χ1v) is 9.31. The number of pyridine rings is 1. The van der Waals surface area contributed by atoms with Crippen LogP contribution in [0.4, 0.5) is 5.82 Å². The molecule has 0 unspecified atom stereocenters. The summed E-state index contributed by atoms with van der Waals surface area (Å²) in [6, 6.07) is 11.8. The molecule has 0 radical (unpaired) electrons. The van der Waals surface area contributed by atoms with E-state index in [2.05, 4.69) is 22.1 Å². The third kappa shape index (κ3) is 5.06. The minimum absolute atomic E-state index is 0.236. The van der Waals surface area contributed by atoms with Gasteiger partial charge in [0.2, 0.25) is 0 Å². The highest BCUT2D eigenvalue weighted by Crippen LogP contribution is 2.21. The van der Waals surface area contributed by atoms with Gasteiger partial charge in [-0.3, -0.25) is 4.79 Å². The molecule has 6 nitrogen and oxygen atoms in total. The number of carboxylic acids is 1. The van der Waals surface area contributed by atoms with Crippen LogP contribution in [-0.2, 0) is 11.2 Å². The summed E-state index contributed by atoms with van der Waals surface area (Å²) in [7, 11) is 0. The molecule has 0 saturated carbocycles. The third-order valence-electron chi connectivity index (χ3n) is 5.00. The van der Waals surface area contributed by atoms with E-state index < -0.39 is 17.9 Å². The van der Waals surface area contributed by atoms with Gasteiger partial charge >= 0.3 is 5.97 Å². The van der Waals surface area contributed by atoms with Gasteiger partial charge < -0.3 is 15.3 Å². The summed E-state index contributed by atoms with van der Waals surface area (Å²) >= 11 is 0. The Kier molecular flexibility index (Phi) is 6.06. The maximum absolute atomic E-state index is 12.5. The van der Waals surface area contributed by atoms with Crippen LogP contribution in [0.2, 0.25) is 0 Å². The lowest BCUT2D eigenvalue weighted by atomic mass is 9.99. The summed E-state index contributed by atoms with van der Waals surface area (Å²) in [5, 5.41) is 12.0. The quantitative estimate of drug-likeness (QED) is 0.820. The van der Waals surface area contributed by atoms with Crippen molar-refractivity contribution < 1.29 is 14.7 Å². The molecule has 2 heterocycles. The number of carbonyl (C=O) groups is 2. The van der Waals surface area contributed by atoms with Gasteiger partial charge in [0.25, 0.3) is 5.91 Å². The smallest absolute Gasteiger partial charge is 0.326 e. The number of benzene rings is 1. The predicted octanol–water partition coefficient (Wildman–Crippen LogP) is 2.74. The Hall–Kier alpha value is -2.89. The second kappa shape index (κ2) is 8.66. The van der Waals surface area contributed by atoms with Crippen LogP contribution in [-0.4, -0.2) is 41.1 Å². The van der Waals surface area contributed by atoms with Crippen LogP contribution < -0.4 is 10.2 Å². The summed E-state index contributed by atoms with van der Waals surface area (Å²) in [6.45, 7) is 4.20. The highest BCUT2D eigenvalue weighted by molar-refractivity contribution is 5.96. The fourth-order valence-corrected chi connectivity index (χ4v) is 3.24. The molecule has 1 atom stereocenters. The average Bonchev–Trinajstić information content (AvgIpc) is 2.69. The number of hydrogen-bond donors (Lipinski definition) is 2. The maximum Gasteiger partial charge on any atom is 0.326 e. The SMILES string of the molecule is CC1CCN(c2ccc(C(=O)N[C@H](Cc3ccccc3)C(=O)O)cn2)CC1. The summed E-state index contributed by atoms with van der Waals surface area (Å²) in [5.74, 6) is 0.116. The number of piperidine rings is 1. The Balaban J connectivity index is 1.63. The van der Waals surface area contributed by atoms with E-state index in [-0.39, 0.29) is 6.42 Å². The zero-order chi connectivity index (χ0) is 19.2. The molecule has 1 amide bonds. The summed E-state index contributed by atoms with van der Waals surface area (Å²) in [5.41, 5.74) is 1.22. The van der Waals surface area contributed by atoms with Crippen molar-refractivity contribution in [2.75, 3.05) is 18.0 Å². The number of hydrogen-bond acceptors (Lipinski definition) is 4. The predicted molar refractivity (Wildman–Crippen MR) is 104 cm³/mol. The molecule has 1 fully saturated rings. The van der Waals surface area contributed by atoms with Gasteiger partial charge in [0.1, 0.15) is 11.9 Å². The van der Waals surface area contributed by atoms with Gasteiger partial charge in [-0.05, 0) is 36.5 Å². The molecule has 1 saturated heterocycles. The summed E-state index contributed by atoms with van der Waals surface area (Å²) in [6.07, 6.45) is 4.04. The minimum Gasteiger partial charge on any atom is -0.480 e. The lowest BCUT2D eigenvalue weighted by Crippen LogP contribution is -2.42. The van der Waals surface area contributed by atoms with Crippen molar-refractivity contribution in [1.29, 1.82) is 0 Å². The molecule has 1 aliphatic heterocycles. The van der Waals surface area contributed by atoms with E-state index in [9.17, 15) is 14.7 Å². The Morgan fingerprint density at radius 3 is 2.48 bits per heavy atom. The lowest BCUT2D eigenvalue weighted by Gasteiger charge is -2.31. The van der Waals surface area contributed by atoms with E-state index in [0.717, 1.165) is 43.2 Å². The number of amides is 1. The Morgan fingerprint density at radius 2 is 1.89 bits per heavy atom. The first-order chi connectivity index (χ1) is 13.0. The second-order valence-electron chi connectivity index (χ2n) is 7.13. The van der Waals surface area contributed by atoms with Crippen LogP contribution in [0, 0.1) is 5.92 Å². The third-order valence-corrected chi connectivity index (χ3v) is 5.00. The first-order valence-electron chi connectivity index (χ1n) is 9.31. The van der Waals surface area contributed by atoms with Gasteiger partial charge in [0, 0.05) is 25.7 Å². The number of carboxylic acid groups (broad SMARTS) is 1. The molecule has 1 aromatic heterocycles. The number of nitrogens with zero attached hydrogens (tertiary/aromatic N) is 2. The number of aromatic nitrogens is 1. The van der Waals surface area contributed by atoms with Gasteiger partial charge in [-0.15, -0.1) is 0 Å². The molecular weight excluding hydrogens is 342 g/mol. The van der Waals surface area contributed by atoms with Crippen molar-refractivity contribution in [3.63, 3.8) is 0 Å². The van der Waals surface area contributed by atoms with E-state index in [4.69, 9.17) is 0 Å². The molecule has 2 aromatic rings. The van der Waals surface area contributed by atoms with E-state index in [0.29, 0.717) is 5.56 Å². The molecule has 2 N–H and O–H groups in total. The van der Waals surface area contributed by atoms with Gasteiger partial charge in [0.15, 0.2) is 0 Å². The van der Waals surface area contributed by atoms with Crippen LogP contribution in [0.1, 0.15) is 35.7 Å². The summed E-state index contributed by atoms with van der Waals surface area (Å²) < 4.78 is 0. The van der Waals surface area contributed by atoms with Crippen LogP contribution >= 0.6 is 0 Å². The topological polar surface area (TPSA) is 82.5 Å². The van der Waals surface area contributed by atoms with E-state index >= 15 is 0 Å². The molecule has 1 aliphatic rings. The first kappa shape index (κ1) is 18.9. The Morgan fingerprint density at radius 1 is 1.19 bits per heavy atom. The second-order valence-corrected chi connectivity index (χ2v) is 7.13. The van der Waals surface area contributed by atoms with Gasteiger partial charge in [-0.2, -0.15) is 0 Å². The zero-order valence-electron chi connectivity index (χ0n) is 15.5. The number of nitrogens with one attached hydrogen (secondary N) is 1. The fourth-order valence-electron chi connectivity index (χ4n) is 3.24. The largest absolute Gasteiger partial charge is 0.480 e. The normalized spacial score (nSPS) is 16.0. The van der Waals surface area contributed by atoms with Gasteiger partial charge in [-0.1, -0.05) is 37.3 Å². The fraction of sp³-hybridized carbons (Fsp3) is 0.381. The monoisotopic (exact) mass is 367 g/mol. The maximum atomic E-state index is 12.5. The Labute approximate surface area is 159 Å². The van der Waals surface area contributed by atoms with Crippen LogP contribution in [0.3, 0.4) is 0 Å². The van der Waals surface area contributed by atoms with Gasteiger partial charge in [0.05, 0.1) is 5.56 Å². The number of anilines is 1. The number of rotatable bonds is 6. The van der Waals surface area contributed by atoms with Crippen molar-refractivity contribution in [2.45, 2.75) is 32.2 Å². The molecule has 0 spiro atoms.